The molecule has 0 unspecified atom stereocenters. The van der Waals surface area contributed by atoms with E-state index < -0.39 is 0 Å². The SMILES string of the molecule is COc1cc(Cn2c(N)nc3ccc(OC)nc32)ccn1. The molecule has 0 aliphatic rings. The summed E-state index contributed by atoms with van der Waals surface area (Å²) >= 11 is 0. The Morgan fingerprint density at radius 3 is 2.67 bits per heavy atom. The maximum Gasteiger partial charge on any atom is 0.215 e. The van der Waals surface area contributed by atoms with Crippen LogP contribution in [0.15, 0.2) is 30.5 Å². The minimum absolute atomic E-state index is 0.404. The Kier molecular flexibility index (Phi) is 3.31. The summed E-state index contributed by atoms with van der Waals surface area (Å²) in [5.74, 6) is 1.48. The highest BCUT2D eigenvalue weighted by molar-refractivity contribution is 5.75. The molecular formula is C14H15N5O2. The zero-order chi connectivity index (χ0) is 14.8. The van der Waals surface area contributed by atoms with E-state index >= 15 is 0 Å². The van der Waals surface area contributed by atoms with Gasteiger partial charge < -0.3 is 15.2 Å². The van der Waals surface area contributed by atoms with E-state index in [1.807, 2.05) is 22.8 Å². The van der Waals surface area contributed by atoms with Gasteiger partial charge in [-0.2, -0.15) is 4.98 Å². The second-order valence-corrected chi connectivity index (χ2v) is 4.46. The van der Waals surface area contributed by atoms with Gasteiger partial charge in [-0.25, -0.2) is 9.97 Å². The smallest absolute Gasteiger partial charge is 0.215 e. The maximum atomic E-state index is 5.99. The lowest BCUT2D eigenvalue weighted by atomic mass is 10.2. The van der Waals surface area contributed by atoms with Crippen molar-refractivity contribution in [2.45, 2.75) is 6.54 Å². The van der Waals surface area contributed by atoms with Gasteiger partial charge in [-0.05, 0) is 17.7 Å². The molecular weight excluding hydrogens is 270 g/mol. The quantitative estimate of drug-likeness (QED) is 0.781. The lowest BCUT2D eigenvalue weighted by Gasteiger charge is -2.07. The highest BCUT2D eigenvalue weighted by Crippen LogP contribution is 2.21. The van der Waals surface area contributed by atoms with Gasteiger partial charge in [0.2, 0.25) is 17.7 Å². The summed E-state index contributed by atoms with van der Waals surface area (Å²) in [5, 5.41) is 0. The first kappa shape index (κ1) is 13.2. The average molecular weight is 285 g/mol. The number of pyridine rings is 2. The first-order valence-corrected chi connectivity index (χ1v) is 6.37. The predicted octanol–water partition coefficient (Wildman–Crippen LogP) is 1.47. The Labute approximate surface area is 121 Å². The lowest BCUT2D eigenvalue weighted by Crippen LogP contribution is -2.06. The molecule has 0 radical (unpaired) electrons. The number of nitrogen functional groups attached to an aromatic ring is 1. The van der Waals surface area contributed by atoms with E-state index in [4.69, 9.17) is 15.2 Å². The van der Waals surface area contributed by atoms with Gasteiger partial charge in [0.15, 0.2) is 5.65 Å². The number of anilines is 1. The first-order chi connectivity index (χ1) is 10.2. The van der Waals surface area contributed by atoms with Crippen molar-refractivity contribution in [1.82, 2.24) is 19.5 Å². The van der Waals surface area contributed by atoms with Crippen LogP contribution in [-0.4, -0.2) is 33.7 Å². The number of hydrogen-bond acceptors (Lipinski definition) is 6. The van der Waals surface area contributed by atoms with Crippen LogP contribution >= 0.6 is 0 Å². The molecule has 7 nitrogen and oxygen atoms in total. The summed E-state index contributed by atoms with van der Waals surface area (Å²) in [7, 11) is 3.16. The predicted molar refractivity (Wildman–Crippen MR) is 78.4 cm³/mol. The molecule has 0 aliphatic heterocycles. The summed E-state index contributed by atoms with van der Waals surface area (Å²) in [6, 6.07) is 7.34. The lowest BCUT2D eigenvalue weighted by molar-refractivity contribution is 0.397. The Bertz CT molecular complexity index is 784. The van der Waals surface area contributed by atoms with Crippen LogP contribution in [0.4, 0.5) is 5.95 Å². The van der Waals surface area contributed by atoms with Gasteiger partial charge in [-0.3, -0.25) is 4.57 Å². The summed E-state index contributed by atoms with van der Waals surface area (Å²) in [4.78, 5) is 12.8. The number of imidazole rings is 1. The second-order valence-electron chi connectivity index (χ2n) is 4.46. The zero-order valence-corrected chi connectivity index (χ0v) is 11.8. The third-order valence-corrected chi connectivity index (χ3v) is 3.15. The van der Waals surface area contributed by atoms with Crippen LogP contribution in [0, 0.1) is 0 Å². The second kappa shape index (κ2) is 5.28. The molecule has 0 amide bonds. The van der Waals surface area contributed by atoms with Crippen molar-refractivity contribution in [3.05, 3.63) is 36.0 Å². The minimum atomic E-state index is 0.404. The molecule has 0 fully saturated rings. The number of methoxy groups -OCH3 is 2. The Balaban J connectivity index is 2.04. The molecule has 0 spiro atoms. The van der Waals surface area contributed by atoms with Crippen molar-refractivity contribution in [3.8, 4) is 11.8 Å². The van der Waals surface area contributed by atoms with Crippen LogP contribution < -0.4 is 15.2 Å². The van der Waals surface area contributed by atoms with E-state index in [1.165, 1.54) is 0 Å². The molecule has 0 aliphatic carbocycles. The monoisotopic (exact) mass is 285 g/mol. The average Bonchev–Trinajstić information content (AvgIpc) is 2.82. The molecule has 3 heterocycles. The molecule has 0 saturated heterocycles. The molecule has 3 rings (SSSR count). The molecule has 3 aromatic rings. The number of ether oxygens (including phenoxy) is 2. The maximum absolute atomic E-state index is 5.99. The third-order valence-electron chi connectivity index (χ3n) is 3.15. The van der Waals surface area contributed by atoms with Crippen LogP contribution in [0.3, 0.4) is 0 Å². The molecule has 3 aromatic heterocycles. The minimum Gasteiger partial charge on any atom is -0.481 e. The van der Waals surface area contributed by atoms with E-state index in [0.29, 0.717) is 29.9 Å². The molecule has 21 heavy (non-hydrogen) atoms. The van der Waals surface area contributed by atoms with E-state index in [0.717, 1.165) is 11.1 Å². The van der Waals surface area contributed by atoms with Crippen molar-refractivity contribution >= 4 is 17.1 Å². The Hall–Kier alpha value is -2.83. The normalized spacial score (nSPS) is 10.8. The molecule has 0 aromatic carbocycles. The van der Waals surface area contributed by atoms with Crippen molar-refractivity contribution < 1.29 is 9.47 Å². The molecule has 7 heteroatoms. The number of nitrogens with zero attached hydrogens (tertiary/aromatic N) is 4. The van der Waals surface area contributed by atoms with Crippen LogP contribution in [0.1, 0.15) is 5.56 Å². The van der Waals surface area contributed by atoms with E-state index in [9.17, 15) is 0 Å². The van der Waals surface area contributed by atoms with Crippen LogP contribution in [0.25, 0.3) is 11.2 Å². The number of fused-ring (bicyclic) bond motifs is 1. The van der Waals surface area contributed by atoms with Crippen molar-refractivity contribution in [2.24, 2.45) is 0 Å². The zero-order valence-electron chi connectivity index (χ0n) is 11.8. The van der Waals surface area contributed by atoms with Gasteiger partial charge in [0.1, 0.15) is 5.52 Å². The van der Waals surface area contributed by atoms with Crippen LogP contribution in [0.5, 0.6) is 11.8 Å². The number of aromatic nitrogens is 4. The fraction of sp³-hybridized carbons (Fsp3) is 0.214. The van der Waals surface area contributed by atoms with Gasteiger partial charge >= 0.3 is 0 Å². The molecule has 0 saturated carbocycles. The molecule has 2 N–H and O–H groups in total. The van der Waals surface area contributed by atoms with E-state index in [2.05, 4.69) is 15.0 Å². The van der Waals surface area contributed by atoms with Crippen molar-refractivity contribution in [2.75, 3.05) is 20.0 Å². The van der Waals surface area contributed by atoms with Gasteiger partial charge in [0.05, 0.1) is 20.8 Å². The Morgan fingerprint density at radius 1 is 1.10 bits per heavy atom. The van der Waals surface area contributed by atoms with Gasteiger partial charge in [-0.15, -0.1) is 0 Å². The first-order valence-electron chi connectivity index (χ1n) is 6.37. The standard InChI is InChI=1S/C14H15N5O2/c1-20-11-4-3-10-13(18-11)19(14(15)17-10)8-9-5-6-16-12(7-9)21-2/h3-7H,8H2,1-2H3,(H2,15,17). The van der Waals surface area contributed by atoms with Gasteiger partial charge in [0.25, 0.3) is 0 Å². The molecule has 108 valence electrons. The molecule has 0 bridgehead atoms. The third kappa shape index (κ3) is 2.45. The number of nitrogens with two attached hydrogens (primary N) is 1. The highest BCUT2D eigenvalue weighted by Gasteiger charge is 2.11. The van der Waals surface area contributed by atoms with Gasteiger partial charge in [0, 0.05) is 18.3 Å². The summed E-state index contributed by atoms with van der Waals surface area (Å²) in [6.45, 7) is 0.529. The summed E-state index contributed by atoms with van der Waals surface area (Å²) in [6.07, 6.45) is 1.69. The van der Waals surface area contributed by atoms with Crippen LogP contribution in [0.2, 0.25) is 0 Å². The van der Waals surface area contributed by atoms with Crippen molar-refractivity contribution in [1.29, 1.82) is 0 Å². The summed E-state index contributed by atoms with van der Waals surface area (Å²) in [5.41, 5.74) is 8.40. The highest BCUT2D eigenvalue weighted by atomic mass is 16.5. The van der Waals surface area contributed by atoms with E-state index in [-0.39, 0.29) is 0 Å². The van der Waals surface area contributed by atoms with E-state index in [1.54, 1.807) is 26.5 Å². The topological polar surface area (TPSA) is 88.1 Å². The fourth-order valence-electron chi connectivity index (χ4n) is 2.11. The molecule has 0 atom stereocenters. The summed E-state index contributed by atoms with van der Waals surface area (Å²) < 4.78 is 12.1. The largest absolute Gasteiger partial charge is 0.481 e. The fourth-order valence-corrected chi connectivity index (χ4v) is 2.11. The number of hydrogen-bond donors (Lipinski definition) is 1. The van der Waals surface area contributed by atoms with Gasteiger partial charge in [-0.1, -0.05) is 0 Å². The van der Waals surface area contributed by atoms with Crippen LogP contribution in [-0.2, 0) is 6.54 Å². The number of rotatable bonds is 4. The Morgan fingerprint density at radius 2 is 1.90 bits per heavy atom. The van der Waals surface area contributed by atoms with Crippen molar-refractivity contribution in [3.63, 3.8) is 0 Å².